The highest BCUT2D eigenvalue weighted by atomic mass is 16.7. The van der Waals surface area contributed by atoms with Gasteiger partial charge in [-0.2, -0.15) is 0 Å². The fourth-order valence-corrected chi connectivity index (χ4v) is 0.467. The van der Waals surface area contributed by atoms with E-state index in [4.69, 9.17) is 15.2 Å². The van der Waals surface area contributed by atoms with Crippen LogP contribution in [0.15, 0.2) is 12.5 Å². The molecule has 0 fully saturated rings. The Kier molecular flexibility index (Phi) is 1.13. The summed E-state index contributed by atoms with van der Waals surface area (Å²) in [4.78, 5) is 0. The van der Waals surface area contributed by atoms with Gasteiger partial charge in [0.05, 0.1) is 6.54 Å². The molecule has 46 valence electrons. The van der Waals surface area contributed by atoms with E-state index in [2.05, 4.69) is 0 Å². The van der Waals surface area contributed by atoms with Gasteiger partial charge in [-0.05, 0) is 0 Å². The summed E-state index contributed by atoms with van der Waals surface area (Å²) in [6.07, 6.45) is 2.99. The fourth-order valence-electron chi connectivity index (χ4n) is 0.467. The first-order valence-corrected chi connectivity index (χ1v) is 2.47. The molecule has 0 saturated carbocycles. The number of hydrogen-bond donors (Lipinski definition) is 1. The van der Waals surface area contributed by atoms with Gasteiger partial charge in [0.1, 0.15) is 12.5 Å². The third-order valence-corrected chi connectivity index (χ3v) is 1.06. The predicted molar refractivity (Wildman–Crippen MR) is 28.8 cm³/mol. The molecule has 0 aromatic carbocycles. The van der Waals surface area contributed by atoms with Crippen molar-refractivity contribution in [2.24, 2.45) is 5.73 Å². The first kappa shape index (κ1) is 5.44. The van der Waals surface area contributed by atoms with Crippen molar-refractivity contribution >= 4 is 0 Å². The summed E-state index contributed by atoms with van der Waals surface area (Å²) in [6.45, 7) is 2.16. The molecule has 1 heterocycles. The molecule has 0 radical (unpaired) electrons. The maximum Gasteiger partial charge on any atom is 0.259 e. The Balaban J connectivity index is 2.46. The molecule has 1 aliphatic heterocycles. The third-order valence-electron chi connectivity index (χ3n) is 1.06. The van der Waals surface area contributed by atoms with Crippen LogP contribution in [0.3, 0.4) is 0 Å². The van der Waals surface area contributed by atoms with Crippen LogP contribution in [0.5, 0.6) is 0 Å². The summed E-state index contributed by atoms with van der Waals surface area (Å²) in [7, 11) is 0. The predicted octanol–water partition coefficient (Wildman–Crippen LogP) is 0.179. The van der Waals surface area contributed by atoms with E-state index in [1.807, 2.05) is 0 Å². The van der Waals surface area contributed by atoms with Gasteiger partial charge in [-0.15, -0.1) is 0 Å². The molecular formula is C5H9NO2. The number of rotatable bonds is 1. The second-order valence-electron chi connectivity index (χ2n) is 1.85. The van der Waals surface area contributed by atoms with E-state index in [1.54, 1.807) is 6.92 Å². The van der Waals surface area contributed by atoms with Gasteiger partial charge in [0.25, 0.3) is 5.79 Å². The van der Waals surface area contributed by atoms with Crippen molar-refractivity contribution in [2.45, 2.75) is 12.7 Å². The number of hydrogen-bond acceptors (Lipinski definition) is 3. The van der Waals surface area contributed by atoms with Crippen molar-refractivity contribution in [2.75, 3.05) is 6.54 Å². The number of ether oxygens (including phenoxy) is 2. The van der Waals surface area contributed by atoms with Gasteiger partial charge >= 0.3 is 0 Å². The molecule has 0 aliphatic carbocycles. The largest absolute Gasteiger partial charge is 0.456 e. The van der Waals surface area contributed by atoms with Crippen molar-refractivity contribution in [1.29, 1.82) is 0 Å². The molecule has 3 nitrogen and oxygen atoms in total. The third kappa shape index (κ3) is 0.767. The normalized spacial score (nSPS) is 22.2. The van der Waals surface area contributed by atoms with Gasteiger partial charge in [0.2, 0.25) is 0 Å². The maximum absolute atomic E-state index is 5.28. The monoisotopic (exact) mass is 115 g/mol. The van der Waals surface area contributed by atoms with Crippen LogP contribution in [0.4, 0.5) is 0 Å². The maximum atomic E-state index is 5.28. The van der Waals surface area contributed by atoms with Gasteiger partial charge in [0, 0.05) is 6.92 Å². The molecule has 8 heavy (non-hydrogen) atoms. The van der Waals surface area contributed by atoms with Crippen molar-refractivity contribution in [3.05, 3.63) is 12.5 Å². The molecule has 0 spiro atoms. The standard InChI is InChI=1S/C5H9NO2/c1-5(4-6)7-2-3-8-5/h2-3H,4,6H2,1H3. The van der Waals surface area contributed by atoms with Gasteiger partial charge in [-0.1, -0.05) is 0 Å². The summed E-state index contributed by atoms with van der Waals surface area (Å²) in [5.41, 5.74) is 5.28. The Hall–Kier alpha value is -0.700. The molecular weight excluding hydrogens is 106 g/mol. The Morgan fingerprint density at radius 3 is 2.25 bits per heavy atom. The molecule has 1 aliphatic rings. The van der Waals surface area contributed by atoms with Crippen molar-refractivity contribution in [3.63, 3.8) is 0 Å². The van der Waals surface area contributed by atoms with Crippen LogP contribution in [0.2, 0.25) is 0 Å². The summed E-state index contributed by atoms with van der Waals surface area (Å²) in [6, 6.07) is 0. The second-order valence-corrected chi connectivity index (χ2v) is 1.85. The van der Waals surface area contributed by atoms with E-state index in [9.17, 15) is 0 Å². The van der Waals surface area contributed by atoms with Crippen LogP contribution >= 0.6 is 0 Å². The van der Waals surface area contributed by atoms with E-state index in [1.165, 1.54) is 12.5 Å². The van der Waals surface area contributed by atoms with Crippen LogP contribution in [0.25, 0.3) is 0 Å². The lowest BCUT2D eigenvalue weighted by atomic mass is 10.3. The average Bonchev–Trinajstić information content (AvgIpc) is 2.17. The minimum atomic E-state index is -0.597. The first-order valence-electron chi connectivity index (χ1n) is 2.47. The average molecular weight is 115 g/mol. The Bertz CT molecular complexity index is 103. The van der Waals surface area contributed by atoms with Gasteiger partial charge in [-0.25, -0.2) is 0 Å². The highest BCUT2D eigenvalue weighted by Gasteiger charge is 2.26. The summed E-state index contributed by atoms with van der Waals surface area (Å²) < 4.78 is 9.92. The lowest BCUT2D eigenvalue weighted by molar-refractivity contribution is -0.116. The van der Waals surface area contributed by atoms with E-state index in [-0.39, 0.29) is 0 Å². The molecule has 0 atom stereocenters. The van der Waals surface area contributed by atoms with E-state index in [0.29, 0.717) is 6.54 Å². The SMILES string of the molecule is CC1(CN)OC=CO1. The van der Waals surface area contributed by atoms with Crippen LogP contribution in [0, 0.1) is 0 Å². The van der Waals surface area contributed by atoms with Crippen LogP contribution in [0.1, 0.15) is 6.92 Å². The Labute approximate surface area is 48.1 Å². The van der Waals surface area contributed by atoms with E-state index in [0.717, 1.165) is 0 Å². The lowest BCUT2D eigenvalue weighted by Gasteiger charge is -2.19. The van der Waals surface area contributed by atoms with Crippen molar-refractivity contribution in [1.82, 2.24) is 0 Å². The highest BCUT2D eigenvalue weighted by molar-refractivity contribution is 4.80. The zero-order valence-corrected chi connectivity index (χ0v) is 4.76. The summed E-state index contributed by atoms with van der Waals surface area (Å²) in [5.74, 6) is -0.597. The zero-order chi connectivity index (χ0) is 6.04. The Morgan fingerprint density at radius 1 is 1.50 bits per heavy atom. The lowest BCUT2D eigenvalue weighted by Crippen LogP contribution is -2.34. The molecule has 0 unspecified atom stereocenters. The van der Waals surface area contributed by atoms with Crippen molar-refractivity contribution in [3.8, 4) is 0 Å². The zero-order valence-electron chi connectivity index (χ0n) is 4.76. The molecule has 0 aromatic rings. The van der Waals surface area contributed by atoms with E-state index < -0.39 is 5.79 Å². The summed E-state index contributed by atoms with van der Waals surface area (Å²) in [5, 5.41) is 0. The molecule has 3 heteroatoms. The summed E-state index contributed by atoms with van der Waals surface area (Å²) >= 11 is 0. The van der Waals surface area contributed by atoms with E-state index >= 15 is 0 Å². The smallest absolute Gasteiger partial charge is 0.259 e. The fraction of sp³-hybridized carbons (Fsp3) is 0.600. The van der Waals surface area contributed by atoms with Crippen LogP contribution in [-0.2, 0) is 9.47 Å². The molecule has 2 N–H and O–H groups in total. The van der Waals surface area contributed by atoms with Gasteiger partial charge in [-0.3, -0.25) is 0 Å². The minimum Gasteiger partial charge on any atom is -0.456 e. The quantitative estimate of drug-likeness (QED) is 0.530. The molecule has 1 rings (SSSR count). The molecule has 0 aromatic heterocycles. The topological polar surface area (TPSA) is 44.5 Å². The molecule has 0 amide bonds. The first-order chi connectivity index (χ1) is 3.77. The number of nitrogens with two attached hydrogens (primary N) is 1. The highest BCUT2D eigenvalue weighted by Crippen LogP contribution is 2.16. The molecule has 0 bridgehead atoms. The van der Waals surface area contributed by atoms with Crippen LogP contribution in [-0.4, -0.2) is 12.3 Å². The van der Waals surface area contributed by atoms with Gasteiger partial charge in [0.15, 0.2) is 0 Å². The van der Waals surface area contributed by atoms with Crippen molar-refractivity contribution < 1.29 is 9.47 Å². The minimum absolute atomic E-state index is 0.375. The van der Waals surface area contributed by atoms with Gasteiger partial charge < -0.3 is 15.2 Å². The Morgan fingerprint density at radius 2 is 2.00 bits per heavy atom. The molecule has 0 saturated heterocycles. The van der Waals surface area contributed by atoms with Crippen LogP contribution < -0.4 is 5.73 Å². The second kappa shape index (κ2) is 1.67.